The summed E-state index contributed by atoms with van der Waals surface area (Å²) in [5.41, 5.74) is 4.43. The molecule has 0 unspecified atom stereocenters. The van der Waals surface area contributed by atoms with Gasteiger partial charge in [-0.25, -0.2) is 0 Å². The van der Waals surface area contributed by atoms with Crippen LogP contribution in [0.25, 0.3) is 0 Å². The van der Waals surface area contributed by atoms with Gasteiger partial charge in [-0.1, -0.05) is 5.16 Å². The van der Waals surface area contributed by atoms with E-state index < -0.39 is 11.4 Å². The number of nitrogens with one attached hydrogen (secondary N) is 1. The maximum atomic E-state index is 11.6. The fourth-order valence-corrected chi connectivity index (χ4v) is 1.12. The smallest absolute Gasteiger partial charge is 0.287 e. The Hall–Kier alpha value is -1.69. The van der Waals surface area contributed by atoms with Crippen molar-refractivity contribution in [1.29, 1.82) is 0 Å². The Morgan fingerprint density at radius 3 is 2.69 bits per heavy atom. The van der Waals surface area contributed by atoms with Gasteiger partial charge in [0, 0.05) is 0 Å². The Labute approximate surface area is 97.0 Å². The van der Waals surface area contributed by atoms with Crippen LogP contribution in [-0.2, 0) is 0 Å². The van der Waals surface area contributed by atoms with E-state index in [0.717, 1.165) is 0 Å². The van der Waals surface area contributed by atoms with Gasteiger partial charge in [0.05, 0.1) is 5.54 Å². The third-order valence-corrected chi connectivity index (χ3v) is 2.17. The number of amides is 1. The second-order valence-corrected chi connectivity index (χ2v) is 4.04. The molecule has 0 bridgehead atoms. The molecule has 0 saturated heterocycles. The molecule has 0 radical (unpaired) electrons. The van der Waals surface area contributed by atoms with Gasteiger partial charge in [0.25, 0.3) is 5.91 Å². The molecule has 1 heterocycles. The van der Waals surface area contributed by atoms with E-state index in [9.17, 15) is 4.79 Å². The van der Waals surface area contributed by atoms with E-state index in [2.05, 4.69) is 10.5 Å². The number of furan rings is 1. The number of rotatable bonds is 3. The molecule has 0 spiro atoms. The third kappa shape index (κ3) is 2.66. The Kier molecular flexibility index (Phi) is 3.44. The van der Waals surface area contributed by atoms with Crippen LogP contribution in [0.4, 0.5) is 0 Å². The summed E-state index contributed by atoms with van der Waals surface area (Å²) < 4.78 is 4.91. The molecule has 0 fully saturated rings. The number of nitrogens with zero attached hydrogens (tertiary/aromatic N) is 1. The summed E-state index contributed by atoms with van der Waals surface area (Å²) in [4.78, 5) is 11.6. The van der Waals surface area contributed by atoms with Gasteiger partial charge in [0.1, 0.15) is 0 Å². The van der Waals surface area contributed by atoms with Crippen LogP contribution in [0.2, 0.25) is 5.22 Å². The predicted molar refractivity (Wildman–Crippen MR) is 58.7 cm³/mol. The molecule has 0 atom stereocenters. The Morgan fingerprint density at radius 1 is 1.62 bits per heavy atom. The second-order valence-electron chi connectivity index (χ2n) is 3.67. The van der Waals surface area contributed by atoms with E-state index in [0.29, 0.717) is 0 Å². The van der Waals surface area contributed by atoms with Crippen LogP contribution in [0.3, 0.4) is 0 Å². The van der Waals surface area contributed by atoms with Gasteiger partial charge in [-0.2, -0.15) is 0 Å². The van der Waals surface area contributed by atoms with E-state index in [-0.39, 0.29) is 16.8 Å². The average molecular weight is 246 g/mol. The van der Waals surface area contributed by atoms with Crippen LogP contribution >= 0.6 is 11.6 Å². The minimum atomic E-state index is -0.981. The van der Waals surface area contributed by atoms with Crippen LogP contribution in [0.15, 0.2) is 21.7 Å². The molecule has 6 nitrogen and oxygen atoms in total. The lowest BCUT2D eigenvalue weighted by Crippen LogP contribution is -2.53. The van der Waals surface area contributed by atoms with Crippen molar-refractivity contribution < 1.29 is 14.4 Å². The van der Waals surface area contributed by atoms with Crippen LogP contribution in [0.1, 0.15) is 24.4 Å². The number of carbonyl (C=O) groups is 1. The summed E-state index contributed by atoms with van der Waals surface area (Å²) >= 11 is 5.53. The molecule has 16 heavy (non-hydrogen) atoms. The van der Waals surface area contributed by atoms with Gasteiger partial charge >= 0.3 is 0 Å². The number of hydrogen-bond acceptors (Lipinski definition) is 4. The third-order valence-electron chi connectivity index (χ3n) is 1.97. The highest BCUT2D eigenvalue weighted by Gasteiger charge is 2.27. The summed E-state index contributed by atoms with van der Waals surface area (Å²) in [5, 5.41) is 14.0. The van der Waals surface area contributed by atoms with E-state index >= 15 is 0 Å². The Balaban J connectivity index is 2.79. The number of nitrogens with two attached hydrogens (primary N) is 1. The van der Waals surface area contributed by atoms with Crippen molar-refractivity contribution in [1.82, 2.24) is 5.32 Å². The summed E-state index contributed by atoms with van der Waals surface area (Å²) in [5.74, 6) is -0.550. The molecule has 88 valence electrons. The van der Waals surface area contributed by atoms with Crippen molar-refractivity contribution in [2.24, 2.45) is 10.9 Å². The number of oxime groups is 1. The van der Waals surface area contributed by atoms with Gasteiger partial charge in [0.15, 0.2) is 16.8 Å². The minimum Gasteiger partial charge on any atom is -0.440 e. The molecule has 0 aliphatic carbocycles. The molecular formula is C9H12ClN3O3. The summed E-state index contributed by atoms with van der Waals surface area (Å²) in [7, 11) is 0. The normalized spacial score (nSPS) is 12.6. The molecule has 1 aromatic rings. The van der Waals surface area contributed by atoms with Crippen LogP contribution in [0, 0.1) is 0 Å². The van der Waals surface area contributed by atoms with E-state index in [1.54, 1.807) is 13.8 Å². The highest BCUT2D eigenvalue weighted by Crippen LogP contribution is 2.14. The molecular weight excluding hydrogens is 234 g/mol. The summed E-state index contributed by atoms with van der Waals surface area (Å²) in [6, 6.07) is 2.88. The SMILES string of the molecule is CC(C)(NC(=O)c1ccc(Cl)o1)/C(N)=N/O. The Morgan fingerprint density at radius 2 is 2.25 bits per heavy atom. The number of halogens is 1. The molecule has 1 rings (SSSR count). The van der Waals surface area contributed by atoms with E-state index in [1.165, 1.54) is 12.1 Å². The molecule has 1 aromatic heterocycles. The first kappa shape index (κ1) is 12.4. The van der Waals surface area contributed by atoms with Gasteiger partial charge < -0.3 is 20.7 Å². The van der Waals surface area contributed by atoms with Crippen molar-refractivity contribution in [3.8, 4) is 0 Å². The zero-order valence-corrected chi connectivity index (χ0v) is 9.58. The van der Waals surface area contributed by atoms with E-state index in [4.69, 9.17) is 27.0 Å². The van der Waals surface area contributed by atoms with Gasteiger partial charge in [-0.15, -0.1) is 0 Å². The standard InChI is InChI=1S/C9H12ClN3O3/c1-9(2,8(11)13-15)12-7(14)5-3-4-6(10)16-5/h3-4,15H,1-2H3,(H2,11,13)(H,12,14). The highest BCUT2D eigenvalue weighted by molar-refractivity contribution is 6.29. The predicted octanol–water partition coefficient (Wildman–Crippen LogP) is 1.19. The van der Waals surface area contributed by atoms with Crippen molar-refractivity contribution >= 4 is 23.3 Å². The van der Waals surface area contributed by atoms with Gasteiger partial charge in [0.2, 0.25) is 0 Å². The molecule has 4 N–H and O–H groups in total. The minimum absolute atomic E-state index is 0.0591. The first-order valence-electron chi connectivity index (χ1n) is 4.42. The first-order valence-corrected chi connectivity index (χ1v) is 4.80. The first-order chi connectivity index (χ1) is 7.36. The van der Waals surface area contributed by atoms with Crippen LogP contribution < -0.4 is 11.1 Å². The fourth-order valence-electron chi connectivity index (χ4n) is 0.971. The zero-order valence-electron chi connectivity index (χ0n) is 8.82. The van der Waals surface area contributed by atoms with E-state index in [1.807, 2.05) is 0 Å². The van der Waals surface area contributed by atoms with Crippen molar-refractivity contribution in [2.45, 2.75) is 19.4 Å². The monoisotopic (exact) mass is 245 g/mol. The maximum absolute atomic E-state index is 11.6. The molecule has 0 saturated carbocycles. The molecule has 0 aliphatic heterocycles. The number of hydrogen-bond donors (Lipinski definition) is 3. The quantitative estimate of drug-likeness (QED) is 0.322. The highest BCUT2D eigenvalue weighted by atomic mass is 35.5. The number of carbonyl (C=O) groups excluding carboxylic acids is 1. The fraction of sp³-hybridized carbons (Fsp3) is 0.333. The van der Waals surface area contributed by atoms with Crippen LogP contribution in [-0.4, -0.2) is 22.5 Å². The van der Waals surface area contributed by atoms with Crippen molar-refractivity contribution in [3.63, 3.8) is 0 Å². The lowest BCUT2D eigenvalue weighted by molar-refractivity contribution is 0.0902. The molecule has 7 heteroatoms. The van der Waals surface area contributed by atoms with Gasteiger partial charge in [-0.05, 0) is 37.6 Å². The van der Waals surface area contributed by atoms with Crippen molar-refractivity contribution in [2.75, 3.05) is 0 Å². The number of amidine groups is 1. The summed E-state index contributed by atoms with van der Waals surface area (Å²) in [6.07, 6.45) is 0. The largest absolute Gasteiger partial charge is 0.440 e. The van der Waals surface area contributed by atoms with Gasteiger partial charge in [-0.3, -0.25) is 4.79 Å². The maximum Gasteiger partial charge on any atom is 0.287 e. The zero-order chi connectivity index (χ0) is 12.3. The van der Waals surface area contributed by atoms with Crippen LogP contribution in [0.5, 0.6) is 0 Å². The lowest BCUT2D eigenvalue weighted by atomic mass is 10.0. The molecule has 0 aliphatic rings. The topological polar surface area (TPSA) is 101 Å². The Bertz CT molecular complexity index is 425. The lowest BCUT2D eigenvalue weighted by Gasteiger charge is -2.23. The average Bonchev–Trinajstić information content (AvgIpc) is 2.63. The molecule has 0 aromatic carbocycles. The molecule has 1 amide bonds. The van der Waals surface area contributed by atoms with Crippen molar-refractivity contribution in [3.05, 3.63) is 23.1 Å². The second kappa shape index (κ2) is 4.44. The summed E-state index contributed by atoms with van der Waals surface area (Å²) in [6.45, 7) is 3.18.